The predicted molar refractivity (Wildman–Crippen MR) is 62.7 cm³/mol. The molecule has 0 fully saturated rings. The van der Waals surface area contributed by atoms with Crippen LogP contribution in [-0.4, -0.2) is 19.2 Å². The molecule has 16 heavy (non-hydrogen) atoms. The quantitative estimate of drug-likeness (QED) is 0.852. The first-order valence-corrected chi connectivity index (χ1v) is 5.00. The third kappa shape index (κ3) is 1.79. The first-order valence-electron chi connectivity index (χ1n) is 5.00. The maximum Gasteiger partial charge on any atom is 0.148 e. The number of ether oxygens (including phenoxy) is 2. The standard InChI is InChI=1S/C12H14N2O2/c1-15-10-5-8-3-4-9(7-13)14-12(8)11(6-10)16-2/h3-6H,7,13H2,1-2H3. The van der Waals surface area contributed by atoms with E-state index in [2.05, 4.69) is 4.98 Å². The summed E-state index contributed by atoms with van der Waals surface area (Å²) in [6.45, 7) is 0.422. The molecule has 0 saturated carbocycles. The Bertz CT molecular complexity index is 512. The lowest BCUT2D eigenvalue weighted by molar-refractivity contribution is 0.397. The summed E-state index contributed by atoms with van der Waals surface area (Å²) in [6.07, 6.45) is 0. The molecule has 84 valence electrons. The molecule has 0 radical (unpaired) electrons. The number of benzene rings is 1. The third-order valence-electron chi connectivity index (χ3n) is 2.45. The highest BCUT2D eigenvalue weighted by Crippen LogP contribution is 2.29. The lowest BCUT2D eigenvalue weighted by atomic mass is 10.1. The SMILES string of the molecule is COc1cc(OC)c2nc(CN)ccc2c1. The van der Waals surface area contributed by atoms with Gasteiger partial charge in [-0.1, -0.05) is 6.07 Å². The summed E-state index contributed by atoms with van der Waals surface area (Å²) in [7, 11) is 3.24. The van der Waals surface area contributed by atoms with Crippen LogP contribution >= 0.6 is 0 Å². The van der Waals surface area contributed by atoms with E-state index in [1.165, 1.54) is 0 Å². The number of hydrogen-bond acceptors (Lipinski definition) is 4. The maximum atomic E-state index is 5.56. The largest absolute Gasteiger partial charge is 0.497 e. The van der Waals surface area contributed by atoms with Gasteiger partial charge in [0.2, 0.25) is 0 Å². The van der Waals surface area contributed by atoms with Crippen LogP contribution in [-0.2, 0) is 6.54 Å². The number of nitrogens with two attached hydrogens (primary N) is 1. The van der Waals surface area contributed by atoms with Crippen LogP contribution < -0.4 is 15.2 Å². The number of rotatable bonds is 3. The van der Waals surface area contributed by atoms with Crippen LogP contribution in [0.1, 0.15) is 5.69 Å². The highest BCUT2D eigenvalue weighted by molar-refractivity contribution is 5.86. The summed E-state index contributed by atoms with van der Waals surface area (Å²) in [6, 6.07) is 7.61. The van der Waals surface area contributed by atoms with Crippen molar-refractivity contribution >= 4 is 10.9 Å². The molecule has 4 heteroatoms. The molecule has 2 aromatic rings. The summed E-state index contributed by atoms with van der Waals surface area (Å²) < 4.78 is 10.5. The molecule has 0 saturated heterocycles. The summed E-state index contributed by atoms with van der Waals surface area (Å²) in [5.74, 6) is 1.45. The van der Waals surface area contributed by atoms with Gasteiger partial charge in [-0.25, -0.2) is 4.98 Å². The number of pyridine rings is 1. The van der Waals surface area contributed by atoms with Crippen molar-refractivity contribution in [2.75, 3.05) is 14.2 Å². The van der Waals surface area contributed by atoms with E-state index in [1.807, 2.05) is 24.3 Å². The topological polar surface area (TPSA) is 57.4 Å². The molecule has 4 nitrogen and oxygen atoms in total. The fourth-order valence-electron chi connectivity index (χ4n) is 1.60. The molecule has 0 aliphatic heterocycles. The van der Waals surface area contributed by atoms with Crippen LogP contribution in [0.5, 0.6) is 11.5 Å². The zero-order valence-corrected chi connectivity index (χ0v) is 9.36. The van der Waals surface area contributed by atoms with Crippen LogP contribution in [0.3, 0.4) is 0 Å². The van der Waals surface area contributed by atoms with Crippen LogP contribution in [0.25, 0.3) is 10.9 Å². The molecular weight excluding hydrogens is 204 g/mol. The Morgan fingerprint density at radius 3 is 2.62 bits per heavy atom. The van der Waals surface area contributed by atoms with Gasteiger partial charge in [0.05, 0.1) is 19.9 Å². The average Bonchev–Trinajstić information content (AvgIpc) is 2.36. The lowest BCUT2D eigenvalue weighted by Crippen LogP contribution is -2.00. The van der Waals surface area contributed by atoms with E-state index in [9.17, 15) is 0 Å². The molecule has 2 rings (SSSR count). The van der Waals surface area contributed by atoms with Gasteiger partial charge in [0.15, 0.2) is 0 Å². The molecule has 0 unspecified atom stereocenters. The third-order valence-corrected chi connectivity index (χ3v) is 2.45. The van der Waals surface area contributed by atoms with Crippen molar-refractivity contribution in [2.45, 2.75) is 6.54 Å². The van der Waals surface area contributed by atoms with Crippen LogP contribution in [0, 0.1) is 0 Å². The van der Waals surface area contributed by atoms with Gasteiger partial charge >= 0.3 is 0 Å². The monoisotopic (exact) mass is 218 g/mol. The lowest BCUT2D eigenvalue weighted by Gasteiger charge is -2.08. The normalized spacial score (nSPS) is 10.4. The smallest absolute Gasteiger partial charge is 0.148 e. The van der Waals surface area contributed by atoms with Crippen molar-refractivity contribution in [1.29, 1.82) is 0 Å². The van der Waals surface area contributed by atoms with E-state index in [1.54, 1.807) is 14.2 Å². The fourth-order valence-corrected chi connectivity index (χ4v) is 1.60. The molecule has 0 spiro atoms. The predicted octanol–water partition coefficient (Wildman–Crippen LogP) is 1.71. The minimum Gasteiger partial charge on any atom is -0.497 e. The van der Waals surface area contributed by atoms with Crippen molar-refractivity contribution in [3.8, 4) is 11.5 Å². The van der Waals surface area contributed by atoms with E-state index in [-0.39, 0.29) is 0 Å². The molecule has 1 heterocycles. The number of fused-ring (bicyclic) bond motifs is 1. The Morgan fingerprint density at radius 2 is 2.00 bits per heavy atom. The van der Waals surface area contributed by atoms with E-state index in [0.717, 1.165) is 22.3 Å². The van der Waals surface area contributed by atoms with Gasteiger partial charge in [-0.3, -0.25) is 0 Å². The number of methoxy groups -OCH3 is 2. The zero-order chi connectivity index (χ0) is 11.5. The highest BCUT2D eigenvalue weighted by atomic mass is 16.5. The molecule has 2 N–H and O–H groups in total. The van der Waals surface area contributed by atoms with Crippen molar-refractivity contribution < 1.29 is 9.47 Å². The number of aromatic nitrogens is 1. The van der Waals surface area contributed by atoms with Gasteiger partial charge in [0.1, 0.15) is 17.0 Å². The molecule has 0 atom stereocenters. The Balaban J connectivity index is 2.69. The second-order valence-electron chi connectivity index (χ2n) is 3.41. The summed E-state index contributed by atoms with van der Waals surface area (Å²) in [5.41, 5.74) is 7.22. The van der Waals surface area contributed by atoms with Crippen molar-refractivity contribution in [1.82, 2.24) is 4.98 Å². The van der Waals surface area contributed by atoms with Crippen molar-refractivity contribution in [2.24, 2.45) is 5.73 Å². The second-order valence-corrected chi connectivity index (χ2v) is 3.41. The van der Waals surface area contributed by atoms with Crippen molar-refractivity contribution in [3.05, 3.63) is 30.0 Å². The first-order chi connectivity index (χ1) is 7.78. The minimum absolute atomic E-state index is 0.422. The van der Waals surface area contributed by atoms with Crippen LogP contribution in [0.4, 0.5) is 0 Å². The van der Waals surface area contributed by atoms with Gasteiger partial charge in [-0.15, -0.1) is 0 Å². The molecule has 0 aliphatic carbocycles. The summed E-state index contributed by atoms with van der Waals surface area (Å²) in [5, 5.41) is 0.980. The van der Waals surface area contributed by atoms with Crippen LogP contribution in [0.2, 0.25) is 0 Å². The molecule has 1 aromatic heterocycles. The van der Waals surface area contributed by atoms with Gasteiger partial charge in [-0.05, 0) is 12.1 Å². The van der Waals surface area contributed by atoms with Crippen molar-refractivity contribution in [3.63, 3.8) is 0 Å². The number of nitrogens with zero attached hydrogens (tertiary/aromatic N) is 1. The first kappa shape index (κ1) is 10.7. The van der Waals surface area contributed by atoms with Gasteiger partial charge in [0, 0.05) is 18.0 Å². The molecular formula is C12H14N2O2. The Hall–Kier alpha value is -1.81. The minimum atomic E-state index is 0.422. The Kier molecular flexibility index (Phi) is 2.92. The van der Waals surface area contributed by atoms with E-state index < -0.39 is 0 Å². The Morgan fingerprint density at radius 1 is 1.19 bits per heavy atom. The average molecular weight is 218 g/mol. The van der Waals surface area contributed by atoms with E-state index >= 15 is 0 Å². The van der Waals surface area contributed by atoms with Gasteiger partial charge in [-0.2, -0.15) is 0 Å². The van der Waals surface area contributed by atoms with Crippen LogP contribution in [0.15, 0.2) is 24.3 Å². The highest BCUT2D eigenvalue weighted by Gasteiger charge is 2.07. The van der Waals surface area contributed by atoms with Gasteiger partial charge < -0.3 is 15.2 Å². The fraction of sp³-hybridized carbons (Fsp3) is 0.250. The Labute approximate surface area is 94.0 Å². The second kappa shape index (κ2) is 4.37. The molecule has 0 bridgehead atoms. The summed E-state index contributed by atoms with van der Waals surface area (Å²) in [4.78, 5) is 4.43. The summed E-state index contributed by atoms with van der Waals surface area (Å²) >= 11 is 0. The number of hydrogen-bond donors (Lipinski definition) is 1. The van der Waals surface area contributed by atoms with E-state index in [4.69, 9.17) is 15.2 Å². The maximum absolute atomic E-state index is 5.56. The van der Waals surface area contributed by atoms with E-state index in [0.29, 0.717) is 12.3 Å². The molecule has 0 amide bonds. The van der Waals surface area contributed by atoms with Gasteiger partial charge in [0.25, 0.3) is 0 Å². The molecule has 1 aromatic carbocycles. The zero-order valence-electron chi connectivity index (χ0n) is 9.36. The molecule has 0 aliphatic rings.